The Bertz CT molecular complexity index is 585. The smallest absolute Gasteiger partial charge is 0.164 e. The van der Waals surface area contributed by atoms with E-state index < -0.39 is 0 Å². The zero-order valence-electron chi connectivity index (χ0n) is 12.6. The van der Waals surface area contributed by atoms with Gasteiger partial charge in [-0.2, -0.15) is 5.10 Å². The molecule has 1 heterocycles. The van der Waals surface area contributed by atoms with E-state index in [2.05, 4.69) is 29.2 Å². The number of rotatable bonds is 7. The van der Waals surface area contributed by atoms with Crippen molar-refractivity contribution in [3.63, 3.8) is 0 Å². The maximum Gasteiger partial charge on any atom is 0.164 e. The van der Waals surface area contributed by atoms with Gasteiger partial charge in [0, 0.05) is 12.6 Å². The molecular weight excluding hydrogens is 288 g/mol. The molecule has 0 aliphatic heterocycles. The van der Waals surface area contributed by atoms with Crippen LogP contribution < -0.4 is 10.1 Å². The molecular formula is C15H21ClN4O. The van der Waals surface area contributed by atoms with Crippen molar-refractivity contribution < 1.29 is 4.74 Å². The number of benzene rings is 1. The average molecular weight is 309 g/mol. The van der Waals surface area contributed by atoms with E-state index in [0.29, 0.717) is 17.4 Å². The number of ether oxygens (including phenoxy) is 1. The first-order valence-electron chi connectivity index (χ1n) is 7.12. The SMILES string of the molecule is CCCn1ncnc1COc1ccc(C(C)NC)cc1Cl. The van der Waals surface area contributed by atoms with Gasteiger partial charge in [0.1, 0.15) is 18.7 Å². The summed E-state index contributed by atoms with van der Waals surface area (Å²) in [5.74, 6) is 1.47. The van der Waals surface area contributed by atoms with Gasteiger partial charge in [-0.3, -0.25) is 0 Å². The fraction of sp³-hybridized carbons (Fsp3) is 0.467. The van der Waals surface area contributed by atoms with Gasteiger partial charge < -0.3 is 10.1 Å². The van der Waals surface area contributed by atoms with E-state index in [4.69, 9.17) is 16.3 Å². The number of aryl methyl sites for hydroxylation is 1. The summed E-state index contributed by atoms with van der Waals surface area (Å²) in [6.45, 7) is 5.38. The Hall–Kier alpha value is -1.59. The molecule has 21 heavy (non-hydrogen) atoms. The van der Waals surface area contributed by atoms with Crippen LogP contribution in [-0.2, 0) is 13.2 Å². The highest BCUT2D eigenvalue weighted by atomic mass is 35.5. The molecule has 0 radical (unpaired) electrons. The van der Waals surface area contributed by atoms with Crippen LogP contribution in [0.25, 0.3) is 0 Å². The molecule has 1 N–H and O–H groups in total. The standard InChI is InChI=1S/C15H21ClN4O/c1-4-7-20-15(18-10-19-20)9-21-14-6-5-12(8-13(14)16)11(2)17-3/h5-6,8,10-11,17H,4,7,9H2,1-3H3. The van der Waals surface area contributed by atoms with E-state index in [1.54, 1.807) is 6.33 Å². The molecule has 0 amide bonds. The molecule has 0 aliphatic carbocycles. The van der Waals surface area contributed by atoms with E-state index in [-0.39, 0.29) is 6.04 Å². The Morgan fingerprint density at radius 1 is 1.43 bits per heavy atom. The summed E-state index contributed by atoms with van der Waals surface area (Å²) < 4.78 is 7.61. The van der Waals surface area contributed by atoms with Gasteiger partial charge in [0.15, 0.2) is 5.82 Å². The Kier molecular flexibility index (Phi) is 5.59. The molecule has 1 aromatic heterocycles. The summed E-state index contributed by atoms with van der Waals surface area (Å²) >= 11 is 6.28. The van der Waals surface area contributed by atoms with Gasteiger partial charge in [0.05, 0.1) is 5.02 Å². The third kappa shape index (κ3) is 3.95. The minimum absolute atomic E-state index is 0.254. The van der Waals surface area contributed by atoms with E-state index >= 15 is 0 Å². The lowest BCUT2D eigenvalue weighted by Gasteiger charge is -2.13. The summed E-state index contributed by atoms with van der Waals surface area (Å²) in [7, 11) is 1.92. The summed E-state index contributed by atoms with van der Waals surface area (Å²) in [6.07, 6.45) is 2.56. The molecule has 0 aliphatic rings. The average Bonchev–Trinajstić information content (AvgIpc) is 2.93. The van der Waals surface area contributed by atoms with Crippen molar-refractivity contribution in [1.29, 1.82) is 0 Å². The molecule has 114 valence electrons. The highest BCUT2D eigenvalue weighted by Gasteiger charge is 2.09. The second-order valence-electron chi connectivity index (χ2n) is 4.89. The number of nitrogens with one attached hydrogen (secondary N) is 1. The van der Waals surface area contributed by atoms with E-state index in [1.165, 1.54) is 0 Å². The van der Waals surface area contributed by atoms with Crippen LogP contribution in [0.1, 0.15) is 37.7 Å². The molecule has 6 heteroatoms. The molecule has 1 atom stereocenters. The highest BCUT2D eigenvalue weighted by Crippen LogP contribution is 2.28. The Morgan fingerprint density at radius 2 is 2.24 bits per heavy atom. The van der Waals surface area contributed by atoms with Crippen LogP contribution in [0.15, 0.2) is 24.5 Å². The van der Waals surface area contributed by atoms with Crippen LogP contribution in [0.4, 0.5) is 0 Å². The van der Waals surface area contributed by atoms with Gasteiger partial charge in [-0.25, -0.2) is 9.67 Å². The third-order valence-electron chi connectivity index (χ3n) is 3.38. The Labute approximate surface area is 130 Å². The summed E-state index contributed by atoms with van der Waals surface area (Å²) in [5.41, 5.74) is 1.13. The van der Waals surface area contributed by atoms with Crippen molar-refractivity contribution in [2.24, 2.45) is 0 Å². The quantitative estimate of drug-likeness (QED) is 0.853. The van der Waals surface area contributed by atoms with Crippen molar-refractivity contribution in [2.45, 2.75) is 39.5 Å². The van der Waals surface area contributed by atoms with Crippen molar-refractivity contribution in [2.75, 3.05) is 7.05 Å². The molecule has 2 rings (SSSR count). The Morgan fingerprint density at radius 3 is 2.90 bits per heavy atom. The molecule has 0 fully saturated rings. The number of aromatic nitrogens is 3. The van der Waals surface area contributed by atoms with E-state index in [0.717, 1.165) is 24.4 Å². The maximum atomic E-state index is 6.28. The van der Waals surface area contributed by atoms with Crippen LogP contribution in [0, 0.1) is 0 Å². The van der Waals surface area contributed by atoms with Crippen molar-refractivity contribution in [1.82, 2.24) is 20.1 Å². The van der Waals surface area contributed by atoms with Crippen molar-refractivity contribution >= 4 is 11.6 Å². The van der Waals surface area contributed by atoms with Crippen molar-refractivity contribution in [3.8, 4) is 5.75 Å². The van der Waals surface area contributed by atoms with Crippen molar-refractivity contribution in [3.05, 3.63) is 40.9 Å². The van der Waals surface area contributed by atoms with Crippen LogP contribution in [-0.4, -0.2) is 21.8 Å². The third-order valence-corrected chi connectivity index (χ3v) is 3.67. The van der Waals surface area contributed by atoms with Crippen LogP contribution in [0.3, 0.4) is 0 Å². The lowest BCUT2D eigenvalue weighted by molar-refractivity contribution is 0.286. The molecule has 5 nitrogen and oxygen atoms in total. The summed E-state index contributed by atoms with van der Waals surface area (Å²) in [5, 5.41) is 7.96. The largest absolute Gasteiger partial charge is 0.484 e. The molecule has 1 aromatic carbocycles. The predicted octanol–water partition coefficient (Wildman–Crippen LogP) is 3.20. The number of halogens is 1. The van der Waals surface area contributed by atoms with Gasteiger partial charge >= 0.3 is 0 Å². The fourth-order valence-corrected chi connectivity index (χ4v) is 2.25. The number of nitrogens with zero attached hydrogens (tertiary/aromatic N) is 3. The van der Waals surface area contributed by atoms with Crippen LogP contribution >= 0.6 is 11.6 Å². The number of hydrogen-bond donors (Lipinski definition) is 1. The maximum absolute atomic E-state index is 6.28. The summed E-state index contributed by atoms with van der Waals surface area (Å²) in [6, 6.07) is 6.09. The van der Waals surface area contributed by atoms with Crippen LogP contribution in [0.5, 0.6) is 5.75 Å². The highest BCUT2D eigenvalue weighted by molar-refractivity contribution is 6.32. The lowest BCUT2D eigenvalue weighted by Crippen LogP contribution is -2.12. The molecule has 1 unspecified atom stereocenters. The topological polar surface area (TPSA) is 52.0 Å². The monoisotopic (exact) mass is 308 g/mol. The first kappa shape index (κ1) is 15.8. The van der Waals surface area contributed by atoms with Gasteiger partial charge in [-0.1, -0.05) is 24.6 Å². The van der Waals surface area contributed by atoms with Gasteiger partial charge in [0.2, 0.25) is 0 Å². The first-order valence-corrected chi connectivity index (χ1v) is 7.49. The van der Waals surface area contributed by atoms with Gasteiger partial charge in [-0.05, 0) is 38.1 Å². The molecule has 0 bridgehead atoms. The second kappa shape index (κ2) is 7.43. The zero-order valence-corrected chi connectivity index (χ0v) is 13.4. The first-order chi connectivity index (χ1) is 10.2. The minimum atomic E-state index is 0.254. The molecule has 2 aromatic rings. The number of hydrogen-bond acceptors (Lipinski definition) is 4. The molecule has 0 saturated carbocycles. The Balaban J connectivity index is 2.04. The van der Waals surface area contributed by atoms with Gasteiger partial charge in [0.25, 0.3) is 0 Å². The minimum Gasteiger partial charge on any atom is -0.484 e. The van der Waals surface area contributed by atoms with E-state index in [9.17, 15) is 0 Å². The lowest BCUT2D eigenvalue weighted by atomic mass is 10.1. The second-order valence-corrected chi connectivity index (χ2v) is 5.30. The molecule has 0 spiro atoms. The van der Waals surface area contributed by atoms with Crippen LogP contribution in [0.2, 0.25) is 5.02 Å². The fourth-order valence-electron chi connectivity index (χ4n) is 2.01. The normalized spacial score (nSPS) is 12.4. The van der Waals surface area contributed by atoms with E-state index in [1.807, 2.05) is 29.9 Å². The molecule has 0 saturated heterocycles. The summed E-state index contributed by atoms with van der Waals surface area (Å²) in [4.78, 5) is 4.21. The zero-order chi connectivity index (χ0) is 15.2. The van der Waals surface area contributed by atoms with Gasteiger partial charge in [-0.15, -0.1) is 0 Å². The predicted molar refractivity (Wildman–Crippen MR) is 83.6 cm³/mol.